The third-order valence-corrected chi connectivity index (χ3v) is 3.82. The molecule has 1 saturated heterocycles. The highest BCUT2D eigenvalue weighted by molar-refractivity contribution is 9.10. The van der Waals surface area contributed by atoms with Gasteiger partial charge in [-0.1, -0.05) is 15.9 Å². The third kappa shape index (κ3) is 4.19. The molecule has 6 heteroatoms. The molecule has 1 aromatic rings. The van der Waals surface area contributed by atoms with E-state index < -0.39 is 5.60 Å². The second kappa shape index (κ2) is 6.56. The summed E-state index contributed by atoms with van der Waals surface area (Å²) in [7, 11) is 0. The lowest BCUT2D eigenvalue weighted by molar-refractivity contribution is -0.120. The highest BCUT2D eigenvalue weighted by atomic mass is 79.9. The number of carbonyl (C=O) groups excluding carboxylic acids is 1. The van der Waals surface area contributed by atoms with E-state index in [0.29, 0.717) is 13.0 Å². The highest BCUT2D eigenvalue weighted by Crippen LogP contribution is 2.20. The SMILES string of the molecule is Cc1cc(Br)ccc1NCC(=O)NC[C@]1(O)CCOC1. The van der Waals surface area contributed by atoms with Crippen molar-refractivity contribution in [3.8, 4) is 0 Å². The number of hydrogen-bond donors (Lipinski definition) is 3. The molecule has 0 spiro atoms. The van der Waals surface area contributed by atoms with Crippen molar-refractivity contribution in [2.75, 3.05) is 31.6 Å². The minimum absolute atomic E-state index is 0.146. The number of halogens is 1. The quantitative estimate of drug-likeness (QED) is 0.757. The van der Waals surface area contributed by atoms with Crippen LogP contribution in [0.15, 0.2) is 22.7 Å². The fourth-order valence-electron chi connectivity index (χ4n) is 2.06. The van der Waals surface area contributed by atoms with E-state index in [1.807, 2.05) is 25.1 Å². The summed E-state index contributed by atoms with van der Waals surface area (Å²) in [5.74, 6) is -0.146. The van der Waals surface area contributed by atoms with Crippen LogP contribution in [0.1, 0.15) is 12.0 Å². The largest absolute Gasteiger partial charge is 0.386 e. The number of hydrogen-bond acceptors (Lipinski definition) is 4. The van der Waals surface area contributed by atoms with Gasteiger partial charge in [0.15, 0.2) is 0 Å². The van der Waals surface area contributed by atoms with Crippen LogP contribution in [0.2, 0.25) is 0 Å². The lowest BCUT2D eigenvalue weighted by Crippen LogP contribution is -2.44. The van der Waals surface area contributed by atoms with Crippen molar-refractivity contribution in [3.63, 3.8) is 0 Å². The summed E-state index contributed by atoms with van der Waals surface area (Å²) in [6, 6.07) is 5.83. The Balaban J connectivity index is 1.77. The lowest BCUT2D eigenvalue weighted by Gasteiger charge is -2.20. The first-order valence-electron chi connectivity index (χ1n) is 6.55. The number of ether oxygens (including phenoxy) is 1. The zero-order valence-electron chi connectivity index (χ0n) is 11.4. The van der Waals surface area contributed by atoms with Crippen molar-refractivity contribution in [1.29, 1.82) is 0 Å². The first-order chi connectivity index (χ1) is 9.48. The molecule has 1 fully saturated rings. The molecule has 0 radical (unpaired) electrons. The van der Waals surface area contributed by atoms with Gasteiger partial charge in [0.2, 0.25) is 5.91 Å². The van der Waals surface area contributed by atoms with Gasteiger partial charge < -0.3 is 20.5 Å². The van der Waals surface area contributed by atoms with Crippen molar-refractivity contribution >= 4 is 27.5 Å². The summed E-state index contributed by atoms with van der Waals surface area (Å²) in [6.07, 6.45) is 0.562. The van der Waals surface area contributed by atoms with Crippen LogP contribution in [0.25, 0.3) is 0 Å². The molecule has 0 unspecified atom stereocenters. The second-order valence-corrected chi connectivity index (χ2v) is 6.03. The number of aliphatic hydroxyl groups is 1. The number of benzene rings is 1. The molecular formula is C14H19BrN2O3. The molecule has 0 bridgehead atoms. The van der Waals surface area contributed by atoms with Crippen molar-refractivity contribution in [3.05, 3.63) is 28.2 Å². The minimum Gasteiger partial charge on any atom is -0.386 e. The molecule has 1 amide bonds. The minimum atomic E-state index is -0.914. The van der Waals surface area contributed by atoms with Gasteiger partial charge in [0.25, 0.3) is 0 Å². The average Bonchev–Trinajstić information content (AvgIpc) is 2.83. The monoisotopic (exact) mass is 342 g/mol. The van der Waals surface area contributed by atoms with Gasteiger partial charge in [0.1, 0.15) is 5.60 Å². The Morgan fingerprint density at radius 1 is 1.55 bits per heavy atom. The number of rotatable bonds is 5. The Kier molecular flexibility index (Phi) is 5.01. The molecule has 1 aliphatic heterocycles. The van der Waals surface area contributed by atoms with E-state index in [4.69, 9.17) is 4.74 Å². The van der Waals surface area contributed by atoms with E-state index in [9.17, 15) is 9.90 Å². The molecule has 0 aromatic heterocycles. The Morgan fingerprint density at radius 3 is 3.00 bits per heavy atom. The molecule has 2 rings (SSSR count). The van der Waals surface area contributed by atoms with Crippen LogP contribution in [-0.2, 0) is 9.53 Å². The Hall–Kier alpha value is -1.11. The van der Waals surface area contributed by atoms with Gasteiger partial charge in [-0.15, -0.1) is 0 Å². The van der Waals surface area contributed by atoms with E-state index in [1.54, 1.807) is 0 Å². The van der Waals surface area contributed by atoms with E-state index in [1.165, 1.54) is 0 Å². The molecule has 1 aromatic carbocycles. The number of nitrogens with one attached hydrogen (secondary N) is 2. The molecule has 1 aliphatic rings. The van der Waals surface area contributed by atoms with Gasteiger partial charge in [-0.3, -0.25) is 4.79 Å². The summed E-state index contributed by atoms with van der Waals surface area (Å²) in [5.41, 5.74) is 1.07. The maximum absolute atomic E-state index is 11.8. The Bertz CT molecular complexity index is 487. The zero-order chi connectivity index (χ0) is 14.6. The molecular weight excluding hydrogens is 324 g/mol. The molecule has 0 aliphatic carbocycles. The van der Waals surface area contributed by atoms with E-state index in [2.05, 4.69) is 26.6 Å². The van der Waals surface area contributed by atoms with E-state index in [0.717, 1.165) is 15.7 Å². The molecule has 1 heterocycles. The van der Waals surface area contributed by atoms with Crippen LogP contribution in [0.5, 0.6) is 0 Å². The predicted molar refractivity (Wildman–Crippen MR) is 80.8 cm³/mol. The lowest BCUT2D eigenvalue weighted by atomic mass is 10.0. The van der Waals surface area contributed by atoms with Crippen molar-refractivity contribution in [1.82, 2.24) is 5.32 Å². The summed E-state index contributed by atoms with van der Waals surface area (Å²) in [5, 5.41) is 15.8. The molecule has 110 valence electrons. The van der Waals surface area contributed by atoms with Crippen molar-refractivity contribution < 1.29 is 14.6 Å². The summed E-state index contributed by atoms with van der Waals surface area (Å²) < 4.78 is 6.14. The van der Waals surface area contributed by atoms with Crippen LogP contribution in [-0.4, -0.2) is 42.9 Å². The van der Waals surface area contributed by atoms with Crippen LogP contribution in [0, 0.1) is 6.92 Å². The zero-order valence-corrected chi connectivity index (χ0v) is 13.0. The standard InChI is InChI=1S/C14H19BrN2O3/c1-10-6-11(15)2-3-12(10)16-7-13(18)17-8-14(19)4-5-20-9-14/h2-3,6,16,19H,4-5,7-9H2,1H3,(H,17,18)/t14-/m1/s1. The van der Waals surface area contributed by atoms with Gasteiger partial charge in [0.05, 0.1) is 13.2 Å². The van der Waals surface area contributed by atoms with Crippen LogP contribution < -0.4 is 10.6 Å². The first kappa shape index (κ1) is 15.3. The molecule has 5 nitrogen and oxygen atoms in total. The van der Waals surface area contributed by atoms with Crippen LogP contribution in [0.4, 0.5) is 5.69 Å². The predicted octanol–water partition coefficient (Wildman–Crippen LogP) is 1.44. The number of amides is 1. The van der Waals surface area contributed by atoms with Gasteiger partial charge in [-0.2, -0.15) is 0 Å². The summed E-state index contributed by atoms with van der Waals surface area (Å²) in [4.78, 5) is 11.8. The fraction of sp³-hybridized carbons (Fsp3) is 0.500. The summed E-state index contributed by atoms with van der Waals surface area (Å²) in [6.45, 7) is 3.21. The fourth-order valence-corrected chi connectivity index (χ4v) is 2.54. The molecule has 1 atom stereocenters. The number of aryl methyl sites for hydroxylation is 1. The average molecular weight is 343 g/mol. The molecule has 3 N–H and O–H groups in total. The molecule has 0 saturated carbocycles. The highest BCUT2D eigenvalue weighted by Gasteiger charge is 2.32. The Morgan fingerprint density at radius 2 is 2.35 bits per heavy atom. The second-order valence-electron chi connectivity index (χ2n) is 5.12. The van der Waals surface area contributed by atoms with Crippen molar-refractivity contribution in [2.24, 2.45) is 0 Å². The van der Waals surface area contributed by atoms with Gasteiger partial charge in [0, 0.05) is 29.7 Å². The van der Waals surface area contributed by atoms with E-state index in [-0.39, 0.29) is 25.6 Å². The number of anilines is 1. The van der Waals surface area contributed by atoms with Gasteiger partial charge >= 0.3 is 0 Å². The van der Waals surface area contributed by atoms with Crippen LogP contribution in [0.3, 0.4) is 0 Å². The topological polar surface area (TPSA) is 70.6 Å². The third-order valence-electron chi connectivity index (χ3n) is 3.32. The first-order valence-corrected chi connectivity index (χ1v) is 7.35. The van der Waals surface area contributed by atoms with Gasteiger partial charge in [-0.05, 0) is 30.7 Å². The normalized spacial score (nSPS) is 21.8. The maximum atomic E-state index is 11.8. The summed E-state index contributed by atoms with van der Waals surface area (Å²) >= 11 is 3.40. The smallest absolute Gasteiger partial charge is 0.239 e. The maximum Gasteiger partial charge on any atom is 0.239 e. The van der Waals surface area contributed by atoms with Crippen LogP contribution >= 0.6 is 15.9 Å². The molecule has 20 heavy (non-hydrogen) atoms. The Labute approximate surface area is 126 Å². The van der Waals surface area contributed by atoms with Gasteiger partial charge in [-0.25, -0.2) is 0 Å². The van der Waals surface area contributed by atoms with Crippen molar-refractivity contribution in [2.45, 2.75) is 18.9 Å². The van der Waals surface area contributed by atoms with E-state index >= 15 is 0 Å². The number of carbonyl (C=O) groups is 1.